The zero-order chi connectivity index (χ0) is 19.0. The van der Waals surface area contributed by atoms with Gasteiger partial charge in [-0.3, -0.25) is 0 Å². The van der Waals surface area contributed by atoms with Crippen LogP contribution in [0.5, 0.6) is 0 Å². The van der Waals surface area contributed by atoms with Crippen LogP contribution in [0.3, 0.4) is 0 Å². The van der Waals surface area contributed by atoms with Crippen LogP contribution in [-0.4, -0.2) is 67.8 Å². The molecule has 1 aliphatic carbocycles. The molecule has 0 bridgehead atoms. The zero-order valence-corrected chi connectivity index (χ0v) is 16.2. The van der Waals surface area contributed by atoms with Crippen molar-refractivity contribution in [2.45, 2.75) is 56.4 Å². The van der Waals surface area contributed by atoms with Gasteiger partial charge < -0.3 is 14.5 Å². The maximum absolute atomic E-state index is 13.0. The van der Waals surface area contributed by atoms with Crippen LogP contribution in [0.2, 0.25) is 0 Å². The number of ether oxygens (including phenoxy) is 1. The van der Waals surface area contributed by atoms with Crippen molar-refractivity contribution in [3.05, 3.63) is 12.0 Å². The summed E-state index contributed by atoms with van der Waals surface area (Å²) in [5.74, 6) is -0.532. The number of urea groups is 1. The van der Waals surface area contributed by atoms with E-state index in [1.807, 2.05) is 13.8 Å². The number of carbonyl (C=O) groups excluding carboxylic acids is 2. The molecule has 1 heterocycles. The standard InChI is InChI=1S/C17H28N2O5S/c1-6-25(22,23)13-10-17(11-13)8-7-9-19(17)16(21)18(4)14(12(2)3)15(20)24-5/h6,12-14H,1,7-11H2,2-5H3/t13?,14-,17?/m0/s1. The minimum Gasteiger partial charge on any atom is -0.467 e. The Morgan fingerprint density at radius 3 is 2.44 bits per heavy atom. The number of esters is 1. The summed E-state index contributed by atoms with van der Waals surface area (Å²) in [7, 11) is -0.390. The van der Waals surface area contributed by atoms with Gasteiger partial charge in [-0.25, -0.2) is 18.0 Å². The Hall–Kier alpha value is -1.57. The van der Waals surface area contributed by atoms with E-state index in [0.29, 0.717) is 19.4 Å². The molecule has 1 spiro atoms. The highest BCUT2D eigenvalue weighted by Gasteiger charge is 2.56. The molecule has 2 aliphatic rings. The second-order valence-corrected chi connectivity index (χ2v) is 9.55. The predicted octanol–water partition coefficient (Wildman–Crippen LogP) is 1.79. The molecule has 2 amide bonds. The van der Waals surface area contributed by atoms with Crippen molar-refractivity contribution >= 4 is 21.8 Å². The summed E-state index contributed by atoms with van der Waals surface area (Å²) in [5, 5.41) is 0.536. The third kappa shape index (κ3) is 3.41. The lowest BCUT2D eigenvalue weighted by atomic mass is 9.74. The number of sulfone groups is 1. The number of amides is 2. The first kappa shape index (κ1) is 19.8. The SMILES string of the molecule is C=CS(=O)(=O)C1CC2(CCCN2C(=O)N(C)[C@H](C(=O)OC)C(C)C)C1. The molecule has 2 fully saturated rings. The number of methoxy groups -OCH3 is 1. The molecular weight excluding hydrogens is 344 g/mol. The van der Waals surface area contributed by atoms with Gasteiger partial charge in [-0.1, -0.05) is 20.4 Å². The van der Waals surface area contributed by atoms with E-state index >= 15 is 0 Å². The van der Waals surface area contributed by atoms with Crippen LogP contribution in [0.15, 0.2) is 12.0 Å². The van der Waals surface area contributed by atoms with Crippen LogP contribution >= 0.6 is 0 Å². The van der Waals surface area contributed by atoms with Gasteiger partial charge in [-0.2, -0.15) is 0 Å². The first-order valence-electron chi connectivity index (χ1n) is 8.58. The highest BCUT2D eigenvalue weighted by Crippen LogP contribution is 2.49. The Kier molecular flexibility index (Phi) is 5.51. The Bertz CT molecular complexity index is 652. The number of nitrogens with zero attached hydrogens (tertiary/aromatic N) is 2. The molecule has 25 heavy (non-hydrogen) atoms. The number of carbonyl (C=O) groups is 2. The summed E-state index contributed by atoms with van der Waals surface area (Å²) in [6.07, 6.45) is 2.50. The van der Waals surface area contributed by atoms with Crippen molar-refractivity contribution in [3.63, 3.8) is 0 Å². The van der Waals surface area contributed by atoms with Gasteiger partial charge in [-0.05, 0) is 31.6 Å². The van der Waals surface area contributed by atoms with Gasteiger partial charge in [0.1, 0.15) is 6.04 Å². The third-order valence-corrected chi connectivity index (χ3v) is 7.26. The van der Waals surface area contributed by atoms with Gasteiger partial charge in [0.05, 0.1) is 12.4 Å². The van der Waals surface area contributed by atoms with Crippen LogP contribution in [0.25, 0.3) is 0 Å². The molecule has 0 radical (unpaired) electrons. The molecule has 0 N–H and O–H groups in total. The highest BCUT2D eigenvalue weighted by atomic mass is 32.2. The van der Waals surface area contributed by atoms with Crippen LogP contribution in [0.4, 0.5) is 4.79 Å². The predicted molar refractivity (Wildman–Crippen MR) is 94.6 cm³/mol. The molecule has 0 unspecified atom stereocenters. The van der Waals surface area contributed by atoms with Crippen molar-refractivity contribution in [1.82, 2.24) is 9.80 Å². The second-order valence-electron chi connectivity index (χ2n) is 7.37. The number of likely N-dealkylation sites (tertiary alicyclic amines) is 1. The summed E-state index contributed by atoms with van der Waals surface area (Å²) in [5.41, 5.74) is -0.413. The van der Waals surface area contributed by atoms with Gasteiger partial charge in [-0.15, -0.1) is 0 Å². The summed E-state index contributed by atoms with van der Waals surface area (Å²) in [6.45, 7) is 7.68. The molecule has 0 aromatic carbocycles. The normalized spacial score (nSPS) is 27.1. The minimum atomic E-state index is -3.30. The quantitative estimate of drug-likeness (QED) is 0.687. The molecule has 0 aromatic rings. The van der Waals surface area contributed by atoms with Crippen LogP contribution in [0.1, 0.15) is 39.5 Å². The van der Waals surface area contributed by atoms with Crippen LogP contribution in [0, 0.1) is 5.92 Å². The van der Waals surface area contributed by atoms with E-state index in [0.717, 1.165) is 18.2 Å². The van der Waals surface area contributed by atoms with E-state index in [9.17, 15) is 18.0 Å². The summed E-state index contributed by atoms with van der Waals surface area (Å²) in [6, 6.07) is -0.904. The maximum atomic E-state index is 13.0. The highest BCUT2D eigenvalue weighted by molar-refractivity contribution is 7.94. The van der Waals surface area contributed by atoms with Crippen LogP contribution in [-0.2, 0) is 19.4 Å². The van der Waals surface area contributed by atoms with Gasteiger partial charge in [0, 0.05) is 24.5 Å². The Morgan fingerprint density at radius 1 is 1.36 bits per heavy atom. The van der Waals surface area contributed by atoms with E-state index in [-0.39, 0.29) is 11.9 Å². The molecule has 0 aromatic heterocycles. The Morgan fingerprint density at radius 2 is 1.96 bits per heavy atom. The third-order valence-electron chi connectivity index (χ3n) is 5.53. The first-order valence-corrected chi connectivity index (χ1v) is 10.2. The Balaban J connectivity index is 2.16. The van der Waals surface area contributed by atoms with Crippen molar-refractivity contribution in [3.8, 4) is 0 Å². The van der Waals surface area contributed by atoms with Crippen molar-refractivity contribution in [2.75, 3.05) is 20.7 Å². The van der Waals surface area contributed by atoms with Crippen LogP contribution < -0.4 is 0 Å². The lowest BCUT2D eigenvalue weighted by Crippen LogP contribution is -2.63. The average molecular weight is 372 g/mol. The fourth-order valence-corrected chi connectivity index (χ4v) is 5.48. The number of hydrogen-bond acceptors (Lipinski definition) is 5. The number of likely N-dealkylation sites (N-methyl/N-ethyl adjacent to an activating group) is 1. The first-order chi connectivity index (χ1) is 11.6. The largest absolute Gasteiger partial charge is 0.467 e. The Labute approximate surface area is 149 Å². The van der Waals surface area contributed by atoms with Crippen molar-refractivity contribution in [1.29, 1.82) is 0 Å². The van der Waals surface area contributed by atoms with Gasteiger partial charge in [0.25, 0.3) is 0 Å². The lowest BCUT2D eigenvalue weighted by molar-refractivity contribution is -0.147. The van der Waals surface area contributed by atoms with E-state index in [2.05, 4.69) is 6.58 Å². The molecule has 1 atom stereocenters. The summed E-state index contributed by atoms with van der Waals surface area (Å²) < 4.78 is 28.8. The molecule has 1 aliphatic heterocycles. The maximum Gasteiger partial charge on any atom is 0.328 e. The second kappa shape index (κ2) is 6.97. The lowest BCUT2D eigenvalue weighted by Gasteiger charge is -2.51. The number of hydrogen-bond donors (Lipinski definition) is 0. The molecule has 1 saturated carbocycles. The summed E-state index contributed by atoms with van der Waals surface area (Å²) >= 11 is 0. The topological polar surface area (TPSA) is 84.0 Å². The molecule has 142 valence electrons. The number of rotatable bonds is 5. The average Bonchev–Trinajstić information content (AvgIpc) is 2.97. The van der Waals surface area contributed by atoms with Gasteiger partial charge in [0.15, 0.2) is 9.84 Å². The van der Waals surface area contributed by atoms with Gasteiger partial charge >= 0.3 is 12.0 Å². The molecule has 7 nitrogen and oxygen atoms in total. The van der Waals surface area contributed by atoms with Crippen molar-refractivity contribution < 1.29 is 22.7 Å². The van der Waals surface area contributed by atoms with E-state index in [4.69, 9.17) is 4.74 Å². The van der Waals surface area contributed by atoms with E-state index < -0.39 is 32.6 Å². The fraction of sp³-hybridized carbons (Fsp3) is 0.765. The van der Waals surface area contributed by atoms with E-state index in [1.54, 1.807) is 11.9 Å². The molecule has 2 rings (SSSR count). The smallest absolute Gasteiger partial charge is 0.328 e. The van der Waals surface area contributed by atoms with E-state index in [1.165, 1.54) is 12.0 Å². The van der Waals surface area contributed by atoms with Gasteiger partial charge in [0.2, 0.25) is 0 Å². The molecule has 1 saturated heterocycles. The monoisotopic (exact) mass is 372 g/mol. The zero-order valence-electron chi connectivity index (χ0n) is 15.4. The minimum absolute atomic E-state index is 0.0877. The molecular formula is C17H28N2O5S. The van der Waals surface area contributed by atoms with Crippen molar-refractivity contribution in [2.24, 2.45) is 5.92 Å². The molecule has 8 heteroatoms. The fourth-order valence-electron chi connectivity index (χ4n) is 4.13. The summed E-state index contributed by atoms with van der Waals surface area (Å²) in [4.78, 5) is 28.3.